The molecule has 98 valence electrons. The summed E-state index contributed by atoms with van der Waals surface area (Å²) in [4.78, 5) is 25.0. The largest absolute Gasteiger partial charge is 0.339 e. The van der Waals surface area contributed by atoms with Crippen molar-refractivity contribution in [2.24, 2.45) is 0 Å². The third-order valence-corrected chi connectivity index (χ3v) is 2.50. The van der Waals surface area contributed by atoms with Gasteiger partial charge in [-0.2, -0.15) is 4.98 Å². The molecule has 0 aliphatic carbocycles. The maximum absolute atomic E-state index is 10.8. The van der Waals surface area contributed by atoms with E-state index in [9.17, 15) is 14.9 Å². The molecule has 1 aromatic heterocycles. The van der Waals surface area contributed by atoms with Gasteiger partial charge in [-0.25, -0.2) is 0 Å². The Bertz CT molecular complexity index is 604. The summed E-state index contributed by atoms with van der Waals surface area (Å²) in [6.45, 7) is 1.49. The lowest BCUT2D eigenvalue weighted by molar-refractivity contribution is -0.384. The second-order valence-electron chi connectivity index (χ2n) is 4.02. The first kappa shape index (κ1) is 12.9. The number of benzene rings is 1. The third-order valence-electron chi connectivity index (χ3n) is 2.50. The van der Waals surface area contributed by atoms with E-state index in [4.69, 9.17) is 4.52 Å². The van der Waals surface area contributed by atoms with Gasteiger partial charge in [0.15, 0.2) is 0 Å². The zero-order chi connectivity index (χ0) is 13.8. The molecule has 0 aliphatic rings. The van der Waals surface area contributed by atoms with Crippen LogP contribution in [0.5, 0.6) is 0 Å². The maximum atomic E-state index is 10.8. The third kappa shape index (κ3) is 3.21. The van der Waals surface area contributed by atoms with Crippen molar-refractivity contribution in [1.82, 2.24) is 10.1 Å². The summed E-state index contributed by atoms with van der Waals surface area (Å²) in [5.74, 6) is 0.784. The average molecular weight is 261 g/mol. The van der Waals surface area contributed by atoms with E-state index in [1.807, 2.05) is 0 Å². The van der Waals surface area contributed by atoms with Crippen LogP contribution in [0.4, 0.5) is 5.69 Å². The zero-order valence-corrected chi connectivity index (χ0v) is 10.2. The number of hydrogen-bond acceptors (Lipinski definition) is 6. The minimum Gasteiger partial charge on any atom is -0.339 e. The first-order valence-corrected chi connectivity index (χ1v) is 5.63. The van der Waals surface area contributed by atoms with Crippen LogP contribution in [-0.4, -0.2) is 20.8 Å². The van der Waals surface area contributed by atoms with E-state index >= 15 is 0 Å². The Morgan fingerprint density at radius 2 is 2.05 bits per heavy atom. The van der Waals surface area contributed by atoms with E-state index in [0.717, 1.165) is 0 Å². The molecule has 7 heteroatoms. The monoisotopic (exact) mass is 261 g/mol. The van der Waals surface area contributed by atoms with E-state index in [0.29, 0.717) is 30.1 Å². The van der Waals surface area contributed by atoms with Crippen molar-refractivity contribution in [3.63, 3.8) is 0 Å². The topological polar surface area (TPSA) is 99.1 Å². The number of aryl methyl sites for hydroxylation is 1. The standard InChI is InChI=1S/C12H11N3O4/c1-8(16)2-7-11-13-12(14-19-11)9-3-5-10(6-4-9)15(17)18/h3-6H,2,7H2,1H3. The molecule has 0 saturated carbocycles. The summed E-state index contributed by atoms with van der Waals surface area (Å²) in [5.41, 5.74) is 0.632. The van der Waals surface area contributed by atoms with E-state index in [-0.39, 0.29) is 11.5 Å². The number of Topliss-reactive ketones (excluding diaryl/α,β-unsaturated/α-hetero) is 1. The van der Waals surface area contributed by atoms with E-state index < -0.39 is 4.92 Å². The van der Waals surface area contributed by atoms with Gasteiger partial charge >= 0.3 is 0 Å². The quantitative estimate of drug-likeness (QED) is 0.604. The molecular formula is C12H11N3O4. The number of rotatable bonds is 5. The zero-order valence-electron chi connectivity index (χ0n) is 10.2. The molecule has 7 nitrogen and oxygen atoms in total. The predicted octanol–water partition coefficient (Wildman–Crippen LogP) is 2.17. The highest BCUT2D eigenvalue weighted by Gasteiger charge is 2.11. The van der Waals surface area contributed by atoms with Crippen molar-refractivity contribution < 1.29 is 14.2 Å². The Morgan fingerprint density at radius 3 is 2.63 bits per heavy atom. The normalized spacial score (nSPS) is 10.4. The summed E-state index contributed by atoms with van der Waals surface area (Å²) in [7, 11) is 0. The molecule has 0 atom stereocenters. The number of hydrogen-bond donors (Lipinski definition) is 0. The Morgan fingerprint density at radius 1 is 1.37 bits per heavy atom. The number of nitrogens with zero attached hydrogens (tertiary/aromatic N) is 3. The van der Waals surface area contributed by atoms with Gasteiger partial charge in [-0.15, -0.1) is 0 Å². The van der Waals surface area contributed by atoms with E-state index in [1.165, 1.54) is 19.1 Å². The fourth-order valence-electron chi connectivity index (χ4n) is 1.49. The van der Waals surface area contributed by atoms with Crippen molar-refractivity contribution >= 4 is 11.5 Å². The van der Waals surface area contributed by atoms with E-state index in [2.05, 4.69) is 10.1 Å². The summed E-state index contributed by atoms with van der Waals surface area (Å²) in [5, 5.41) is 14.3. The second kappa shape index (κ2) is 5.38. The molecule has 0 amide bonds. The van der Waals surface area contributed by atoms with Crippen LogP contribution in [0.25, 0.3) is 11.4 Å². The van der Waals surface area contributed by atoms with Gasteiger partial charge in [0.05, 0.1) is 4.92 Å². The summed E-state index contributed by atoms with van der Waals surface area (Å²) in [6, 6.07) is 5.86. The van der Waals surface area contributed by atoms with Crippen LogP contribution < -0.4 is 0 Å². The first-order chi connectivity index (χ1) is 9.06. The van der Waals surface area contributed by atoms with Crippen molar-refractivity contribution in [3.8, 4) is 11.4 Å². The van der Waals surface area contributed by atoms with Crippen molar-refractivity contribution in [3.05, 3.63) is 40.3 Å². The van der Waals surface area contributed by atoms with Gasteiger partial charge in [0, 0.05) is 30.5 Å². The number of nitro groups is 1. The number of ketones is 1. The first-order valence-electron chi connectivity index (χ1n) is 5.63. The van der Waals surface area contributed by atoms with Gasteiger partial charge in [0.1, 0.15) is 5.78 Å². The Hall–Kier alpha value is -2.57. The summed E-state index contributed by atoms with van der Waals surface area (Å²) < 4.78 is 5.00. The Labute approximate surface area is 108 Å². The van der Waals surface area contributed by atoms with Crippen LogP contribution in [0.15, 0.2) is 28.8 Å². The lowest BCUT2D eigenvalue weighted by Crippen LogP contribution is -1.94. The molecule has 0 aliphatic heterocycles. The second-order valence-corrected chi connectivity index (χ2v) is 4.02. The van der Waals surface area contributed by atoms with Crippen LogP contribution in [0.3, 0.4) is 0 Å². The van der Waals surface area contributed by atoms with Gasteiger partial charge in [-0.3, -0.25) is 10.1 Å². The molecule has 2 rings (SSSR count). The number of nitro benzene ring substituents is 1. The highest BCUT2D eigenvalue weighted by molar-refractivity contribution is 5.75. The van der Waals surface area contributed by atoms with Gasteiger partial charge in [0.2, 0.25) is 11.7 Å². The molecule has 1 aromatic carbocycles. The van der Waals surface area contributed by atoms with Crippen LogP contribution in [-0.2, 0) is 11.2 Å². The molecule has 19 heavy (non-hydrogen) atoms. The van der Waals surface area contributed by atoms with Gasteiger partial charge in [-0.1, -0.05) is 5.16 Å². The molecule has 0 spiro atoms. The van der Waals surface area contributed by atoms with Crippen LogP contribution in [0, 0.1) is 10.1 Å². The lowest BCUT2D eigenvalue weighted by atomic mass is 10.2. The number of carbonyl (C=O) groups is 1. The Balaban J connectivity index is 2.13. The molecule has 0 fully saturated rings. The fourth-order valence-corrected chi connectivity index (χ4v) is 1.49. The van der Waals surface area contributed by atoms with Crippen molar-refractivity contribution in [2.75, 3.05) is 0 Å². The highest BCUT2D eigenvalue weighted by Crippen LogP contribution is 2.20. The highest BCUT2D eigenvalue weighted by atomic mass is 16.6. The number of aromatic nitrogens is 2. The maximum Gasteiger partial charge on any atom is 0.269 e. The van der Waals surface area contributed by atoms with Crippen LogP contribution in [0.2, 0.25) is 0 Å². The predicted molar refractivity (Wildman–Crippen MR) is 65.4 cm³/mol. The molecule has 1 heterocycles. The molecule has 0 bridgehead atoms. The lowest BCUT2D eigenvalue weighted by Gasteiger charge is -1.93. The molecule has 0 radical (unpaired) electrons. The number of non-ortho nitro benzene ring substituents is 1. The molecule has 0 saturated heterocycles. The van der Waals surface area contributed by atoms with Gasteiger partial charge < -0.3 is 9.32 Å². The number of carbonyl (C=O) groups excluding carboxylic acids is 1. The van der Waals surface area contributed by atoms with E-state index in [1.54, 1.807) is 12.1 Å². The molecule has 2 aromatic rings. The molecular weight excluding hydrogens is 250 g/mol. The van der Waals surface area contributed by atoms with Gasteiger partial charge in [-0.05, 0) is 19.1 Å². The molecule has 0 N–H and O–H groups in total. The van der Waals surface area contributed by atoms with Crippen LogP contribution in [0.1, 0.15) is 19.2 Å². The minimum atomic E-state index is -0.474. The average Bonchev–Trinajstić information content (AvgIpc) is 2.85. The summed E-state index contributed by atoms with van der Waals surface area (Å²) >= 11 is 0. The minimum absolute atomic E-state index is 0.00375. The van der Waals surface area contributed by atoms with Gasteiger partial charge in [0.25, 0.3) is 5.69 Å². The van der Waals surface area contributed by atoms with Crippen molar-refractivity contribution in [2.45, 2.75) is 19.8 Å². The smallest absolute Gasteiger partial charge is 0.269 e. The molecule has 0 unspecified atom stereocenters. The summed E-state index contributed by atoms with van der Waals surface area (Å²) in [6.07, 6.45) is 0.747. The van der Waals surface area contributed by atoms with Crippen molar-refractivity contribution in [1.29, 1.82) is 0 Å². The SMILES string of the molecule is CC(=O)CCc1nc(-c2ccc([N+](=O)[O-])cc2)no1. The fraction of sp³-hybridized carbons (Fsp3) is 0.250. The van der Waals surface area contributed by atoms with Crippen LogP contribution >= 0.6 is 0 Å². The Kier molecular flexibility index (Phi) is 3.65.